The van der Waals surface area contributed by atoms with Crippen LogP contribution in [0.25, 0.3) is 11.3 Å². The number of hydrogen-bond donors (Lipinski definition) is 1. The molecule has 8 heteroatoms. The number of hydrogen-bond acceptors (Lipinski definition) is 6. The first-order valence-electron chi connectivity index (χ1n) is 6.20. The molecule has 1 aromatic heterocycles. The molecule has 0 aliphatic rings. The summed E-state index contributed by atoms with van der Waals surface area (Å²) in [6, 6.07) is 3.26. The molecule has 0 fully saturated rings. The Bertz CT molecular complexity index is 630. The lowest BCUT2D eigenvalue weighted by Crippen LogP contribution is -2.18. The Balaban J connectivity index is 2.12. The minimum atomic E-state index is -0.699. The quantitative estimate of drug-likeness (QED) is 0.478. The molecule has 0 unspecified atom stereocenters. The lowest BCUT2D eigenvalue weighted by atomic mass is 10.1. The van der Waals surface area contributed by atoms with Gasteiger partial charge in [-0.05, 0) is 6.07 Å². The molecule has 2 aromatic rings. The van der Waals surface area contributed by atoms with Crippen LogP contribution in [-0.2, 0) is 11.3 Å². The maximum Gasteiger partial charge on any atom is 0.273 e. The monoisotopic (exact) mass is 295 g/mol. The Morgan fingerprint density at radius 3 is 3.00 bits per heavy atom. The lowest BCUT2D eigenvalue weighted by Gasteiger charge is -2.00. The normalized spacial score (nSPS) is 10.8. The average molecular weight is 295 g/mol. The van der Waals surface area contributed by atoms with E-state index in [1.165, 1.54) is 12.3 Å². The van der Waals surface area contributed by atoms with Gasteiger partial charge in [-0.15, -0.1) is 0 Å². The van der Waals surface area contributed by atoms with Crippen LogP contribution >= 0.6 is 0 Å². The van der Waals surface area contributed by atoms with E-state index in [0.29, 0.717) is 25.6 Å². The summed E-state index contributed by atoms with van der Waals surface area (Å²) in [6.45, 7) is 1.59. The van der Waals surface area contributed by atoms with Crippen molar-refractivity contribution in [2.75, 3.05) is 20.3 Å². The Labute approximate surface area is 119 Å². The van der Waals surface area contributed by atoms with E-state index >= 15 is 0 Å². The second-order valence-corrected chi connectivity index (χ2v) is 4.24. The van der Waals surface area contributed by atoms with E-state index in [1.54, 1.807) is 7.11 Å². The van der Waals surface area contributed by atoms with Crippen molar-refractivity contribution in [3.05, 3.63) is 46.2 Å². The number of oxazole rings is 1. The standard InChI is InChI=1S/C13H14FN3O4/c1-20-3-2-15-8-13-16-7-12(21-13)9-4-10(14)6-11(5-9)17(18)19/h4-7,15H,2-3,8H2,1H3. The summed E-state index contributed by atoms with van der Waals surface area (Å²) in [5.41, 5.74) is -0.0569. The first-order chi connectivity index (χ1) is 10.1. The molecule has 1 N–H and O–H groups in total. The highest BCUT2D eigenvalue weighted by Crippen LogP contribution is 2.26. The number of halogens is 1. The summed E-state index contributed by atoms with van der Waals surface area (Å²) in [5, 5.41) is 13.8. The Morgan fingerprint density at radius 2 is 2.29 bits per heavy atom. The predicted octanol–water partition coefficient (Wildman–Crippen LogP) is 2.12. The first-order valence-corrected chi connectivity index (χ1v) is 6.20. The van der Waals surface area contributed by atoms with Crippen LogP contribution in [0, 0.1) is 15.9 Å². The molecule has 0 spiro atoms. The second kappa shape index (κ2) is 6.91. The van der Waals surface area contributed by atoms with Crippen molar-refractivity contribution in [2.24, 2.45) is 0 Å². The smallest absolute Gasteiger partial charge is 0.273 e. The number of ether oxygens (including phenoxy) is 1. The van der Waals surface area contributed by atoms with Crippen molar-refractivity contribution >= 4 is 5.69 Å². The molecule has 0 amide bonds. The summed E-state index contributed by atoms with van der Waals surface area (Å²) in [6.07, 6.45) is 1.41. The fraction of sp³-hybridized carbons (Fsp3) is 0.308. The molecule has 0 radical (unpaired) electrons. The van der Waals surface area contributed by atoms with E-state index in [9.17, 15) is 14.5 Å². The van der Waals surface area contributed by atoms with Crippen molar-refractivity contribution < 1.29 is 18.5 Å². The van der Waals surface area contributed by atoms with Gasteiger partial charge in [-0.1, -0.05) is 0 Å². The number of aromatic nitrogens is 1. The number of nitrogens with zero attached hydrogens (tertiary/aromatic N) is 2. The SMILES string of the molecule is COCCNCc1ncc(-c2cc(F)cc([N+](=O)[O-])c2)o1. The van der Waals surface area contributed by atoms with Crippen LogP contribution in [0.15, 0.2) is 28.8 Å². The number of nitrogens with one attached hydrogen (secondary N) is 1. The van der Waals surface area contributed by atoms with E-state index < -0.39 is 10.7 Å². The first kappa shape index (κ1) is 15.1. The summed E-state index contributed by atoms with van der Waals surface area (Å²) in [4.78, 5) is 14.1. The third-order valence-corrected chi connectivity index (χ3v) is 2.69. The van der Waals surface area contributed by atoms with Crippen LogP contribution < -0.4 is 5.32 Å². The summed E-state index contributed by atoms with van der Waals surface area (Å²) in [5.74, 6) is -0.00970. The van der Waals surface area contributed by atoms with Crippen molar-refractivity contribution in [3.8, 4) is 11.3 Å². The number of benzene rings is 1. The van der Waals surface area contributed by atoms with Crippen LogP contribution in [-0.4, -0.2) is 30.2 Å². The zero-order chi connectivity index (χ0) is 15.2. The van der Waals surface area contributed by atoms with Crippen molar-refractivity contribution in [2.45, 2.75) is 6.54 Å². The summed E-state index contributed by atoms with van der Waals surface area (Å²) >= 11 is 0. The van der Waals surface area contributed by atoms with Crippen LogP contribution in [0.3, 0.4) is 0 Å². The third kappa shape index (κ3) is 4.07. The fourth-order valence-electron chi connectivity index (χ4n) is 1.72. The average Bonchev–Trinajstić information content (AvgIpc) is 2.92. The number of methoxy groups -OCH3 is 1. The van der Waals surface area contributed by atoms with Gasteiger partial charge in [-0.3, -0.25) is 10.1 Å². The number of rotatable bonds is 7. The van der Waals surface area contributed by atoms with Gasteiger partial charge in [-0.2, -0.15) is 0 Å². The molecular formula is C13H14FN3O4. The minimum absolute atomic E-state index is 0.275. The van der Waals surface area contributed by atoms with Crippen LogP contribution in [0.2, 0.25) is 0 Å². The molecule has 0 saturated carbocycles. The number of non-ortho nitro benzene ring substituents is 1. The predicted molar refractivity (Wildman–Crippen MR) is 72.1 cm³/mol. The molecule has 0 aliphatic heterocycles. The van der Waals surface area contributed by atoms with Gasteiger partial charge < -0.3 is 14.5 Å². The van der Waals surface area contributed by atoms with E-state index in [4.69, 9.17) is 9.15 Å². The van der Waals surface area contributed by atoms with E-state index in [1.807, 2.05) is 0 Å². The van der Waals surface area contributed by atoms with Crippen molar-refractivity contribution in [1.82, 2.24) is 10.3 Å². The van der Waals surface area contributed by atoms with Gasteiger partial charge in [0.25, 0.3) is 5.69 Å². The van der Waals surface area contributed by atoms with Gasteiger partial charge in [0, 0.05) is 25.3 Å². The Hall–Kier alpha value is -2.32. The molecule has 0 atom stereocenters. The number of nitro groups is 1. The highest BCUT2D eigenvalue weighted by atomic mass is 19.1. The third-order valence-electron chi connectivity index (χ3n) is 2.69. The molecule has 1 aromatic carbocycles. The highest BCUT2D eigenvalue weighted by Gasteiger charge is 2.14. The van der Waals surface area contributed by atoms with Crippen molar-refractivity contribution in [1.29, 1.82) is 0 Å². The van der Waals surface area contributed by atoms with Gasteiger partial charge in [0.2, 0.25) is 5.89 Å². The van der Waals surface area contributed by atoms with Crippen LogP contribution in [0.4, 0.5) is 10.1 Å². The Kier molecular flexibility index (Phi) is 4.96. The maximum absolute atomic E-state index is 13.4. The second-order valence-electron chi connectivity index (χ2n) is 4.24. The zero-order valence-electron chi connectivity index (χ0n) is 11.3. The summed E-state index contributed by atoms with van der Waals surface area (Å²) < 4.78 is 23.7. The molecule has 7 nitrogen and oxygen atoms in total. The number of nitro benzene ring substituents is 1. The van der Waals surface area contributed by atoms with E-state index in [-0.39, 0.29) is 17.0 Å². The largest absolute Gasteiger partial charge is 0.439 e. The highest BCUT2D eigenvalue weighted by molar-refractivity contribution is 5.60. The lowest BCUT2D eigenvalue weighted by molar-refractivity contribution is -0.385. The van der Waals surface area contributed by atoms with E-state index in [2.05, 4.69) is 10.3 Å². The van der Waals surface area contributed by atoms with Gasteiger partial charge in [0.1, 0.15) is 5.82 Å². The molecule has 21 heavy (non-hydrogen) atoms. The van der Waals surface area contributed by atoms with Gasteiger partial charge in [0.05, 0.1) is 30.3 Å². The fourth-order valence-corrected chi connectivity index (χ4v) is 1.72. The molecule has 0 saturated heterocycles. The van der Waals surface area contributed by atoms with Crippen LogP contribution in [0.1, 0.15) is 5.89 Å². The molecule has 2 rings (SSSR count). The van der Waals surface area contributed by atoms with Gasteiger partial charge >= 0.3 is 0 Å². The van der Waals surface area contributed by atoms with Crippen molar-refractivity contribution in [3.63, 3.8) is 0 Å². The topological polar surface area (TPSA) is 90.4 Å². The van der Waals surface area contributed by atoms with Gasteiger partial charge in [0.15, 0.2) is 5.76 Å². The van der Waals surface area contributed by atoms with Crippen LogP contribution in [0.5, 0.6) is 0 Å². The molecular weight excluding hydrogens is 281 g/mol. The maximum atomic E-state index is 13.4. The molecule has 1 heterocycles. The molecule has 0 aliphatic carbocycles. The molecule has 0 bridgehead atoms. The van der Waals surface area contributed by atoms with Gasteiger partial charge in [-0.25, -0.2) is 9.37 Å². The minimum Gasteiger partial charge on any atom is -0.439 e. The Morgan fingerprint density at radius 1 is 1.48 bits per heavy atom. The summed E-state index contributed by atoms with van der Waals surface area (Å²) in [7, 11) is 1.60. The molecule has 112 valence electrons. The van der Waals surface area contributed by atoms with E-state index in [0.717, 1.165) is 12.1 Å². The zero-order valence-corrected chi connectivity index (χ0v) is 11.3.